The number of H-pyrrole nitrogens is 1. The summed E-state index contributed by atoms with van der Waals surface area (Å²) in [6.45, 7) is 0. The van der Waals surface area contributed by atoms with E-state index in [9.17, 15) is 0 Å². The van der Waals surface area contributed by atoms with Gasteiger partial charge in [0.25, 0.3) is 0 Å². The Labute approximate surface area is 243 Å². The smallest absolute Gasteiger partial charge is 0.0553 e. The van der Waals surface area contributed by atoms with E-state index in [0.29, 0.717) is 0 Å². The van der Waals surface area contributed by atoms with Crippen LogP contribution in [0.15, 0.2) is 152 Å². The van der Waals surface area contributed by atoms with E-state index in [-0.39, 0.29) is 0 Å². The molecule has 0 aliphatic carbocycles. The second kappa shape index (κ2) is 8.95. The molecule has 0 aliphatic rings. The molecule has 42 heavy (non-hydrogen) atoms. The quantitative estimate of drug-likeness (QED) is 0.233. The van der Waals surface area contributed by atoms with Crippen molar-refractivity contribution in [3.63, 3.8) is 0 Å². The summed E-state index contributed by atoms with van der Waals surface area (Å²) >= 11 is 0. The van der Waals surface area contributed by atoms with Gasteiger partial charge in [0.1, 0.15) is 0 Å². The zero-order chi connectivity index (χ0) is 27.6. The maximum atomic E-state index is 3.54. The molecule has 2 heterocycles. The molecule has 196 valence electrons. The lowest BCUT2D eigenvalue weighted by molar-refractivity contribution is 1.18. The van der Waals surface area contributed by atoms with Gasteiger partial charge in [-0.1, -0.05) is 109 Å². The molecule has 2 heteroatoms. The van der Waals surface area contributed by atoms with Crippen molar-refractivity contribution in [3.8, 4) is 27.9 Å². The number of nitrogens with one attached hydrogen (secondary N) is 1. The first-order valence-corrected chi connectivity index (χ1v) is 14.5. The zero-order valence-electron chi connectivity index (χ0n) is 22.9. The van der Waals surface area contributed by atoms with Crippen molar-refractivity contribution in [2.24, 2.45) is 0 Å². The molecule has 9 aromatic rings. The van der Waals surface area contributed by atoms with Gasteiger partial charge in [0, 0.05) is 38.3 Å². The normalized spacial score (nSPS) is 11.8. The summed E-state index contributed by atoms with van der Waals surface area (Å²) in [7, 11) is 0. The average Bonchev–Trinajstić information content (AvgIpc) is 3.60. The van der Waals surface area contributed by atoms with Crippen LogP contribution in [0.3, 0.4) is 0 Å². The first-order valence-electron chi connectivity index (χ1n) is 14.5. The van der Waals surface area contributed by atoms with E-state index in [0.717, 1.165) is 0 Å². The molecule has 0 aliphatic heterocycles. The van der Waals surface area contributed by atoms with Gasteiger partial charge in [-0.25, -0.2) is 0 Å². The summed E-state index contributed by atoms with van der Waals surface area (Å²) in [4.78, 5) is 3.54. The second-order valence-corrected chi connectivity index (χ2v) is 11.1. The lowest BCUT2D eigenvalue weighted by Crippen LogP contribution is -1.94. The number of fused-ring (bicyclic) bond motifs is 8. The van der Waals surface area contributed by atoms with Gasteiger partial charge in [-0.3, -0.25) is 0 Å². The van der Waals surface area contributed by atoms with Crippen molar-refractivity contribution < 1.29 is 0 Å². The Morgan fingerprint density at radius 2 is 1.00 bits per heavy atom. The highest BCUT2D eigenvalue weighted by atomic mass is 15.0. The molecule has 1 N–H and O–H groups in total. The number of hydrogen-bond donors (Lipinski definition) is 1. The molecule has 2 aromatic heterocycles. The predicted molar refractivity (Wildman–Crippen MR) is 179 cm³/mol. The fourth-order valence-electron chi connectivity index (χ4n) is 6.79. The van der Waals surface area contributed by atoms with Crippen LogP contribution in [-0.2, 0) is 0 Å². The molecule has 0 amide bonds. The van der Waals surface area contributed by atoms with E-state index < -0.39 is 0 Å². The standard InChI is InChI=1S/C40H26N2/c1-2-10-29(11-3-1)42-38-17-9-7-15-33(38)40-32-14-5-4-12-30(32)34(25-39(40)42)27-20-18-26(19-21-27)28-22-23-37-35(24-28)31-13-6-8-16-36(31)41-37/h1-25,41H. The van der Waals surface area contributed by atoms with Crippen LogP contribution in [-0.4, -0.2) is 9.55 Å². The SMILES string of the molecule is c1ccc(-n2c3ccccc3c3c4ccccc4c(-c4ccc(-c5ccc6[nH]c7ccccc7c6c5)cc4)cc32)cc1. The van der Waals surface area contributed by atoms with Gasteiger partial charge in [0.2, 0.25) is 0 Å². The first-order chi connectivity index (χ1) is 20.8. The Balaban J connectivity index is 1.25. The van der Waals surface area contributed by atoms with Gasteiger partial charge >= 0.3 is 0 Å². The molecule has 2 nitrogen and oxygen atoms in total. The maximum Gasteiger partial charge on any atom is 0.0553 e. The minimum atomic E-state index is 1.17. The van der Waals surface area contributed by atoms with Gasteiger partial charge in [0.15, 0.2) is 0 Å². The van der Waals surface area contributed by atoms with E-state index >= 15 is 0 Å². The fourth-order valence-corrected chi connectivity index (χ4v) is 6.79. The molecule has 0 unspecified atom stereocenters. The third-order valence-corrected chi connectivity index (χ3v) is 8.73. The van der Waals surface area contributed by atoms with Crippen LogP contribution in [0.1, 0.15) is 0 Å². The number of hydrogen-bond acceptors (Lipinski definition) is 0. The highest BCUT2D eigenvalue weighted by molar-refractivity contribution is 6.24. The number of aromatic amines is 1. The van der Waals surface area contributed by atoms with Crippen molar-refractivity contribution in [1.29, 1.82) is 0 Å². The van der Waals surface area contributed by atoms with E-state index in [1.165, 1.54) is 82.3 Å². The van der Waals surface area contributed by atoms with Crippen molar-refractivity contribution in [2.75, 3.05) is 0 Å². The Bertz CT molecular complexity index is 2440. The summed E-state index contributed by atoms with van der Waals surface area (Å²) < 4.78 is 2.41. The summed E-state index contributed by atoms with van der Waals surface area (Å²) in [6.07, 6.45) is 0. The van der Waals surface area contributed by atoms with Crippen molar-refractivity contribution in [1.82, 2.24) is 9.55 Å². The Morgan fingerprint density at radius 1 is 0.381 bits per heavy atom. The number of rotatable bonds is 3. The van der Waals surface area contributed by atoms with Gasteiger partial charge in [-0.2, -0.15) is 0 Å². The maximum absolute atomic E-state index is 3.54. The number of benzene rings is 7. The predicted octanol–water partition coefficient (Wildman–Crippen LogP) is 10.9. The molecule has 0 bridgehead atoms. The topological polar surface area (TPSA) is 20.7 Å². The molecule has 7 aromatic carbocycles. The summed E-state index contributed by atoms with van der Waals surface area (Å²) in [5.41, 5.74) is 10.9. The molecular formula is C40H26N2. The molecule has 0 spiro atoms. The largest absolute Gasteiger partial charge is 0.355 e. The third-order valence-electron chi connectivity index (χ3n) is 8.73. The van der Waals surface area contributed by atoms with Crippen molar-refractivity contribution in [3.05, 3.63) is 152 Å². The highest BCUT2D eigenvalue weighted by Crippen LogP contribution is 2.41. The lowest BCUT2D eigenvalue weighted by Gasteiger charge is -2.13. The van der Waals surface area contributed by atoms with Gasteiger partial charge in [0.05, 0.1) is 11.0 Å². The van der Waals surface area contributed by atoms with E-state index in [2.05, 4.69) is 161 Å². The molecule has 0 fully saturated rings. The number of para-hydroxylation sites is 3. The van der Waals surface area contributed by atoms with Crippen LogP contribution in [0.5, 0.6) is 0 Å². The number of aromatic nitrogens is 2. The van der Waals surface area contributed by atoms with Crippen LogP contribution in [0, 0.1) is 0 Å². The Kier molecular flexibility index (Phi) is 4.93. The van der Waals surface area contributed by atoms with Crippen molar-refractivity contribution >= 4 is 54.4 Å². The van der Waals surface area contributed by atoms with E-state index in [1.807, 2.05) is 0 Å². The van der Waals surface area contributed by atoms with Crippen LogP contribution in [0.4, 0.5) is 0 Å². The molecule has 0 saturated heterocycles. The second-order valence-electron chi connectivity index (χ2n) is 11.1. The monoisotopic (exact) mass is 534 g/mol. The first kappa shape index (κ1) is 23.1. The van der Waals surface area contributed by atoms with Crippen LogP contribution >= 0.6 is 0 Å². The molecule has 0 saturated carbocycles. The summed E-state index contributed by atoms with van der Waals surface area (Å²) in [6, 6.07) is 55.0. The highest BCUT2D eigenvalue weighted by Gasteiger charge is 2.17. The fraction of sp³-hybridized carbons (Fsp3) is 0. The third kappa shape index (κ3) is 3.39. The van der Waals surface area contributed by atoms with Crippen molar-refractivity contribution in [2.45, 2.75) is 0 Å². The van der Waals surface area contributed by atoms with Crippen LogP contribution in [0.25, 0.3) is 82.3 Å². The summed E-state index contributed by atoms with van der Waals surface area (Å²) in [5.74, 6) is 0. The van der Waals surface area contributed by atoms with Gasteiger partial charge in [-0.05, 0) is 75.5 Å². The van der Waals surface area contributed by atoms with E-state index in [4.69, 9.17) is 0 Å². The summed E-state index contributed by atoms with van der Waals surface area (Å²) in [5, 5.41) is 7.66. The minimum Gasteiger partial charge on any atom is -0.355 e. The number of nitrogens with zero attached hydrogens (tertiary/aromatic N) is 1. The Hall–Kier alpha value is -5.60. The van der Waals surface area contributed by atoms with Crippen LogP contribution in [0.2, 0.25) is 0 Å². The average molecular weight is 535 g/mol. The Morgan fingerprint density at radius 3 is 1.83 bits per heavy atom. The van der Waals surface area contributed by atoms with E-state index in [1.54, 1.807) is 0 Å². The minimum absolute atomic E-state index is 1.17. The molecule has 9 rings (SSSR count). The van der Waals surface area contributed by atoms with Crippen LogP contribution < -0.4 is 0 Å². The molecule has 0 atom stereocenters. The van der Waals surface area contributed by atoms with Gasteiger partial charge < -0.3 is 9.55 Å². The molecular weight excluding hydrogens is 508 g/mol. The zero-order valence-corrected chi connectivity index (χ0v) is 22.9. The molecule has 0 radical (unpaired) electrons. The van der Waals surface area contributed by atoms with Gasteiger partial charge in [-0.15, -0.1) is 0 Å². The lowest BCUT2D eigenvalue weighted by atomic mass is 9.93.